The van der Waals surface area contributed by atoms with Crippen LogP contribution in [0, 0.1) is 0 Å². The van der Waals surface area contributed by atoms with Gasteiger partial charge < -0.3 is 9.47 Å². The summed E-state index contributed by atoms with van der Waals surface area (Å²) in [5, 5.41) is 3.92. The minimum atomic E-state index is -4.01. The zero-order chi connectivity index (χ0) is 23.0. The highest BCUT2D eigenvalue weighted by atomic mass is 32.2. The Labute approximate surface area is 187 Å². The molecule has 0 spiro atoms. The van der Waals surface area contributed by atoms with Crippen LogP contribution >= 0.6 is 0 Å². The number of ether oxygens (including phenoxy) is 2. The van der Waals surface area contributed by atoms with Gasteiger partial charge in [0.1, 0.15) is 18.0 Å². The van der Waals surface area contributed by atoms with Crippen molar-refractivity contribution < 1.29 is 22.7 Å². The van der Waals surface area contributed by atoms with Crippen molar-refractivity contribution in [1.82, 2.24) is 5.43 Å². The number of hydrogen-bond donors (Lipinski definition) is 1. The Kier molecular flexibility index (Phi) is 7.45. The fourth-order valence-corrected chi connectivity index (χ4v) is 4.24. The molecule has 0 aromatic heterocycles. The largest absolute Gasteiger partial charge is 0.497 e. The SMILES string of the molecule is COc1ccc(/C=N\NC(=O)CN(c2ccccc2)S(=O)(=O)c2ccc(OC)cc2)cc1. The molecule has 3 rings (SSSR count). The van der Waals surface area contributed by atoms with E-state index in [-0.39, 0.29) is 4.90 Å². The van der Waals surface area contributed by atoms with Crippen molar-refractivity contribution >= 4 is 27.8 Å². The lowest BCUT2D eigenvalue weighted by Gasteiger charge is -2.23. The Morgan fingerprint density at radius 3 is 2.03 bits per heavy atom. The highest BCUT2D eigenvalue weighted by Crippen LogP contribution is 2.24. The van der Waals surface area contributed by atoms with Crippen LogP contribution < -0.4 is 19.2 Å². The van der Waals surface area contributed by atoms with E-state index in [9.17, 15) is 13.2 Å². The van der Waals surface area contributed by atoms with Crippen LogP contribution in [0.4, 0.5) is 5.69 Å². The van der Waals surface area contributed by atoms with Gasteiger partial charge in [-0.3, -0.25) is 9.10 Å². The third-order valence-electron chi connectivity index (χ3n) is 4.50. The van der Waals surface area contributed by atoms with Crippen LogP contribution in [-0.2, 0) is 14.8 Å². The Hall–Kier alpha value is -3.85. The van der Waals surface area contributed by atoms with Gasteiger partial charge in [0.05, 0.1) is 31.0 Å². The van der Waals surface area contributed by atoms with Gasteiger partial charge in [0, 0.05) is 0 Å². The van der Waals surface area contributed by atoms with E-state index in [1.807, 2.05) is 0 Å². The van der Waals surface area contributed by atoms with Crippen LogP contribution in [0.2, 0.25) is 0 Å². The summed E-state index contributed by atoms with van der Waals surface area (Å²) in [6.45, 7) is -0.446. The molecule has 0 bridgehead atoms. The van der Waals surface area contributed by atoms with Crippen molar-refractivity contribution in [3.8, 4) is 11.5 Å². The minimum absolute atomic E-state index is 0.0386. The highest BCUT2D eigenvalue weighted by Gasteiger charge is 2.27. The molecule has 0 fully saturated rings. The third-order valence-corrected chi connectivity index (χ3v) is 6.29. The van der Waals surface area contributed by atoms with Crippen molar-refractivity contribution in [1.29, 1.82) is 0 Å². The number of carbonyl (C=O) groups is 1. The maximum atomic E-state index is 13.3. The topological polar surface area (TPSA) is 97.3 Å². The minimum Gasteiger partial charge on any atom is -0.497 e. The summed E-state index contributed by atoms with van der Waals surface area (Å²) in [5.74, 6) is 0.643. The first-order valence-electron chi connectivity index (χ1n) is 9.62. The third kappa shape index (κ3) is 5.64. The molecule has 8 nitrogen and oxygen atoms in total. The molecule has 166 valence electrons. The summed E-state index contributed by atoms with van der Waals surface area (Å²) in [6.07, 6.45) is 1.46. The lowest BCUT2D eigenvalue weighted by atomic mass is 10.2. The molecule has 0 aliphatic carbocycles. The number of anilines is 1. The monoisotopic (exact) mass is 453 g/mol. The van der Waals surface area contributed by atoms with Gasteiger partial charge in [-0.05, 0) is 66.2 Å². The summed E-state index contributed by atoms with van der Waals surface area (Å²) >= 11 is 0. The van der Waals surface area contributed by atoms with Crippen molar-refractivity contribution in [2.24, 2.45) is 5.10 Å². The van der Waals surface area contributed by atoms with E-state index >= 15 is 0 Å². The number of hydrazone groups is 1. The van der Waals surface area contributed by atoms with E-state index in [2.05, 4.69) is 10.5 Å². The molecule has 9 heteroatoms. The van der Waals surface area contributed by atoms with Gasteiger partial charge in [0.15, 0.2) is 0 Å². The zero-order valence-electron chi connectivity index (χ0n) is 17.6. The molecule has 0 aliphatic rings. The molecule has 32 heavy (non-hydrogen) atoms. The Morgan fingerprint density at radius 2 is 1.47 bits per heavy atom. The number of methoxy groups -OCH3 is 2. The zero-order valence-corrected chi connectivity index (χ0v) is 18.5. The van der Waals surface area contributed by atoms with E-state index in [0.29, 0.717) is 17.2 Å². The number of nitrogens with one attached hydrogen (secondary N) is 1. The van der Waals surface area contributed by atoms with E-state index in [0.717, 1.165) is 9.87 Å². The molecule has 3 aromatic rings. The average molecular weight is 454 g/mol. The number of sulfonamides is 1. The van der Waals surface area contributed by atoms with Crippen molar-refractivity contribution in [3.05, 3.63) is 84.4 Å². The second-order valence-electron chi connectivity index (χ2n) is 6.59. The van der Waals surface area contributed by atoms with E-state index in [1.165, 1.54) is 25.5 Å². The van der Waals surface area contributed by atoms with E-state index < -0.39 is 22.5 Å². The maximum Gasteiger partial charge on any atom is 0.264 e. The molecule has 0 radical (unpaired) electrons. The molecule has 1 amide bonds. The number of nitrogens with zero attached hydrogens (tertiary/aromatic N) is 2. The van der Waals surface area contributed by atoms with Gasteiger partial charge >= 0.3 is 0 Å². The predicted molar refractivity (Wildman–Crippen MR) is 123 cm³/mol. The Bertz CT molecular complexity index is 1160. The fraction of sp³-hybridized carbons (Fsp3) is 0.130. The molecular weight excluding hydrogens is 430 g/mol. The summed E-state index contributed by atoms with van der Waals surface area (Å²) in [4.78, 5) is 12.6. The standard InChI is InChI=1S/C23H23N3O5S/c1-30-20-10-8-18(9-11-20)16-24-25-23(27)17-26(19-6-4-3-5-7-19)32(28,29)22-14-12-21(31-2)13-15-22/h3-16H,17H2,1-2H3,(H,25,27)/b24-16-. The average Bonchev–Trinajstić information content (AvgIpc) is 2.83. The first-order valence-corrected chi connectivity index (χ1v) is 11.1. The molecule has 0 atom stereocenters. The quantitative estimate of drug-likeness (QED) is 0.397. The number of carbonyl (C=O) groups excluding carboxylic acids is 1. The number of benzene rings is 3. The van der Waals surface area contributed by atoms with Gasteiger partial charge in [-0.25, -0.2) is 13.8 Å². The van der Waals surface area contributed by atoms with E-state index in [4.69, 9.17) is 9.47 Å². The molecule has 0 saturated carbocycles. The van der Waals surface area contributed by atoms with Crippen LogP contribution in [0.3, 0.4) is 0 Å². The number of rotatable bonds is 9. The molecular formula is C23H23N3O5S. The summed E-state index contributed by atoms with van der Waals surface area (Å²) < 4.78 is 37.8. The first kappa shape index (κ1) is 22.8. The lowest BCUT2D eigenvalue weighted by molar-refractivity contribution is -0.119. The highest BCUT2D eigenvalue weighted by molar-refractivity contribution is 7.92. The number of para-hydroxylation sites is 1. The molecule has 0 unspecified atom stereocenters. The Balaban J connectivity index is 1.78. The van der Waals surface area contributed by atoms with Crippen molar-refractivity contribution in [3.63, 3.8) is 0 Å². The van der Waals surface area contributed by atoms with Crippen LogP contribution in [0.25, 0.3) is 0 Å². The number of amides is 1. The normalized spacial score (nSPS) is 11.2. The van der Waals surface area contributed by atoms with Gasteiger partial charge in [-0.2, -0.15) is 5.10 Å². The maximum absolute atomic E-state index is 13.3. The summed E-state index contributed by atoms with van der Waals surface area (Å²) in [7, 11) is -0.940. The van der Waals surface area contributed by atoms with E-state index in [1.54, 1.807) is 73.8 Å². The molecule has 0 heterocycles. The van der Waals surface area contributed by atoms with Crippen LogP contribution in [0.1, 0.15) is 5.56 Å². The van der Waals surface area contributed by atoms with Gasteiger partial charge in [0.25, 0.3) is 15.9 Å². The smallest absolute Gasteiger partial charge is 0.264 e. The van der Waals surface area contributed by atoms with Gasteiger partial charge in [-0.1, -0.05) is 18.2 Å². The first-order chi connectivity index (χ1) is 15.4. The van der Waals surface area contributed by atoms with Crippen LogP contribution in [0.15, 0.2) is 88.9 Å². The fourth-order valence-electron chi connectivity index (χ4n) is 2.82. The second-order valence-corrected chi connectivity index (χ2v) is 8.45. The van der Waals surface area contributed by atoms with Crippen LogP contribution in [-0.4, -0.2) is 41.3 Å². The van der Waals surface area contributed by atoms with Crippen LogP contribution in [0.5, 0.6) is 11.5 Å². The lowest BCUT2D eigenvalue weighted by Crippen LogP contribution is -2.39. The predicted octanol–water partition coefficient (Wildman–Crippen LogP) is 3.05. The molecule has 1 N–H and O–H groups in total. The molecule has 3 aromatic carbocycles. The summed E-state index contributed by atoms with van der Waals surface area (Å²) in [5.41, 5.74) is 3.48. The number of hydrogen-bond acceptors (Lipinski definition) is 6. The van der Waals surface area contributed by atoms with Gasteiger partial charge in [0.2, 0.25) is 0 Å². The van der Waals surface area contributed by atoms with Crippen molar-refractivity contribution in [2.45, 2.75) is 4.90 Å². The van der Waals surface area contributed by atoms with Crippen molar-refractivity contribution in [2.75, 3.05) is 25.1 Å². The molecule has 0 aliphatic heterocycles. The molecule has 0 saturated heterocycles. The summed E-state index contributed by atoms with van der Waals surface area (Å²) in [6, 6.07) is 21.5. The second kappa shape index (κ2) is 10.5. The Morgan fingerprint density at radius 1 is 0.906 bits per heavy atom. The van der Waals surface area contributed by atoms with Gasteiger partial charge in [-0.15, -0.1) is 0 Å².